The summed E-state index contributed by atoms with van der Waals surface area (Å²) in [7, 11) is 0. The van der Waals surface area contributed by atoms with Crippen LogP contribution in [0, 0.1) is 24.1 Å². The highest BCUT2D eigenvalue weighted by atomic mass is 19.1. The van der Waals surface area contributed by atoms with Crippen molar-refractivity contribution in [3.05, 3.63) is 65.3 Å². The Kier molecular flexibility index (Phi) is 10.2. The van der Waals surface area contributed by atoms with Crippen LogP contribution in [0.25, 0.3) is 0 Å². The second kappa shape index (κ2) is 13.4. The van der Waals surface area contributed by atoms with E-state index in [-0.39, 0.29) is 23.9 Å². The molecule has 1 aliphatic rings. The minimum absolute atomic E-state index is 0.0327. The summed E-state index contributed by atoms with van der Waals surface area (Å²) in [5.41, 5.74) is -0.0574. The lowest BCUT2D eigenvalue weighted by Crippen LogP contribution is -2.58. The lowest BCUT2D eigenvalue weighted by molar-refractivity contribution is -0.131. The standard InChI is InChI=1S/C29H38FN5O5/c1-6-7-21(16-19-12-13-31-25(19)36)32-26(37)22(15-18-8-10-20(30)11-9-18)33-28(39)24(29(3,4)5)34-27(38)23-14-17(2)40-35-23/h6-11,14,19,21-22,24H,12-13,15-16H2,1-5H3,(H,31,36)(H,32,37)(H,33,39)(H,34,38)/b7-6+. The van der Waals surface area contributed by atoms with E-state index in [1.54, 1.807) is 52.0 Å². The van der Waals surface area contributed by atoms with Crippen molar-refractivity contribution >= 4 is 23.6 Å². The van der Waals surface area contributed by atoms with Crippen molar-refractivity contribution < 1.29 is 28.1 Å². The van der Waals surface area contributed by atoms with Crippen LogP contribution in [-0.4, -0.2) is 53.5 Å². The van der Waals surface area contributed by atoms with Gasteiger partial charge in [0.1, 0.15) is 23.7 Å². The molecule has 0 spiro atoms. The van der Waals surface area contributed by atoms with Crippen molar-refractivity contribution in [1.82, 2.24) is 26.4 Å². The highest BCUT2D eigenvalue weighted by Crippen LogP contribution is 2.21. The van der Waals surface area contributed by atoms with E-state index < -0.39 is 47.1 Å². The molecule has 0 aliphatic carbocycles. The monoisotopic (exact) mass is 555 g/mol. The van der Waals surface area contributed by atoms with Gasteiger partial charge in [-0.2, -0.15) is 0 Å². The van der Waals surface area contributed by atoms with E-state index in [4.69, 9.17) is 4.52 Å². The Labute approximate surface area is 233 Å². The summed E-state index contributed by atoms with van der Waals surface area (Å²) in [6.07, 6.45) is 4.77. The molecular weight excluding hydrogens is 517 g/mol. The third kappa shape index (κ3) is 8.49. The number of amides is 4. The summed E-state index contributed by atoms with van der Waals surface area (Å²) in [5.74, 6) is -1.88. The van der Waals surface area contributed by atoms with E-state index in [2.05, 4.69) is 26.4 Å². The van der Waals surface area contributed by atoms with E-state index in [1.807, 2.05) is 6.92 Å². The first kappa shape index (κ1) is 30.5. The zero-order chi connectivity index (χ0) is 29.4. The molecule has 1 aromatic heterocycles. The van der Waals surface area contributed by atoms with Crippen LogP contribution in [0.5, 0.6) is 0 Å². The molecule has 40 heavy (non-hydrogen) atoms. The zero-order valence-electron chi connectivity index (χ0n) is 23.5. The van der Waals surface area contributed by atoms with Gasteiger partial charge in [0.2, 0.25) is 17.7 Å². The van der Waals surface area contributed by atoms with Gasteiger partial charge in [-0.15, -0.1) is 0 Å². The highest BCUT2D eigenvalue weighted by molar-refractivity contribution is 5.97. The second-order valence-corrected chi connectivity index (χ2v) is 11.1. The molecule has 1 saturated heterocycles. The van der Waals surface area contributed by atoms with E-state index >= 15 is 0 Å². The molecule has 2 heterocycles. The molecule has 0 bridgehead atoms. The second-order valence-electron chi connectivity index (χ2n) is 11.1. The number of halogens is 1. The maximum absolute atomic E-state index is 13.6. The van der Waals surface area contributed by atoms with Crippen molar-refractivity contribution in [2.24, 2.45) is 11.3 Å². The Balaban J connectivity index is 1.81. The third-order valence-electron chi connectivity index (χ3n) is 6.70. The van der Waals surface area contributed by atoms with E-state index in [0.29, 0.717) is 30.7 Å². The number of nitrogens with one attached hydrogen (secondary N) is 4. The molecule has 2 aromatic rings. The van der Waals surface area contributed by atoms with Gasteiger partial charge in [-0.25, -0.2) is 4.39 Å². The van der Waals surface area contributed by atoms with Gasteiger partial charge in [0.25, 0.3) is 5.91 Å². The van der Waals surface area contributed by atoms with Crippen LogP contribution in [-0.2, 0) is 20.8 Å². The zero-order valence-corrected chi connectivity index (χ0v) is 23.5. The maximum Gasteiger partial charge on any atom is 0.274 e. The van der Waals surface area contributed by atoms with Crippen LogP contribution in [0.4, 0.5) is 4.39 Å². The van der Waals surface area contributed by atoms with Gasteiger partial charge in [0.05, 0.1) is 0 Å². The predicted octanol–water partition coefficient (Wildman–Crippen LogP) is 2.58. The van der Waals surface area contributed by atoms with Gasteiger partial charge in [-0.05, 0) is 49.8 Å². The first-order chi connectivity index (χ1) is 18.9. The number of benzene rings is 1. The highest BCUT2D eigenvalue weighted by Gasteiger charge is 2.36. The molecule has 1 aliphatic heterocycles. The van der Waals surface area contributed by atoms with Gasteiger partial charge in [-0.3, -0.25) is 19.2 Å². The lowest BCUT2D eigenvalue weighted by atomic mass is 9.85. The van der Waals surface area contributed by atoms with Gasteiger partial charge in [0.15, 0.2) is 5.69 Å². The number of hydrogen-bond donors (Lipinski definition) is 4. The Morgan fingerprint density at radius 2 is 1.85 bits per heavy atom. The van der Waals surface area contributed by atoms with Crippen LogP contribution < -0.4 is 21.3 Å². The SMILES string of the molecule is C/C=C/C(CC1CCNC1=O)NC(=O)C(Cc1ccc(F)cc1)NC(=O)C(NC(=O)c1cc(C)on1)C(C)(C)C. The van der Waals surface area contributed by atoms with E-state index in [0.717, 1.165) is 0 Å². The van der Waals surface area contributed by atoms with Crippen molar-refractivity contribution in [2.45, 2.75) is 72.0 Å². The molecular formula is C29H38FN5O5. The fraction of sp³-hybridized carbons (Fsp3) is 0.483. The van der Waals surface area contributed by atoms with Crippen molar-refractivity contribution in [3.8, 4) is 0 Å². The number of aromatic nitrogens is 1. The van der Waals surface area contributed by atoms with Gasteiger partial charge in [0, 0.05) is 31.0 Å². The molecule has 4 atom stereocenters. The van der Waals surface area contributed by atoms with Gasteiger partial charge >= 0.3 is 0 Å². The number of rotatable bonds is 11. The summed E-state index contributed by atoms with van der Waals surface area (Å²) >= 11 is 0. The minimum atomic E-state index is -1.04. The first-order valence-electron chi connectivity index (χ1n) is 13.4. The van der Waals surface area contributed by atoms with Crippen molar-refractivity contribution in [3.63, 3.8) is 0 Å². The molecule has 4 unspecified atom stereocenters. The van der Waals surface area contributed by atoms with Crippen LogP contribution in [0.2, 0.25) is 0 Å². The molecule has 4 amide bonds. The largest absolute Gasteiger partial charge is 0.361 e. The van der Waals surface area contributed by atoms with Crippen LogP contribution >= 0.6 is 0 Å². The first-order valence-corrected chi connectivity index (χ1v) is 13.4. The van der Waals surface area contributed by atoms with Gasteiger partial charge < -0.3 is 25.8 Å². The summed E-state index contributed by atoms with van der Waals surface area (Å²) in [6.45, 7) is 9.42. The molecule has 0 saturated carbocycles. The van der Waals surface area contributed by atoms with Crippen molar-refractivity contribution in [1.29, 1.82) is 0 Å². The summed E-state index contributed by atoms with van der Waals surface area (Å²) < 4.78 is 18.5. The smallest absolute Gasteiger partial charge is 0.274 e. The molecule has 216 valence electrons. The predicted molar refractivity (Wildman–Crippen MR) is 146 cm³/mol. The number of hydrogen-bond acceptors (Lipinski definition) is 6. The van der Waals surface area contributed by atoms with E-state index in [9.17, 15) is 23.6 Å². The van der Waals surface area contributed by atoms with Crippen LogP contribution in [0.1, 0.15) is 62.3 Å². The van der Waals surface area contributed by atoms with E-state index in [1.165, 1.54) is 18.2 Å². The normalized spacial score (nSPS) is 17.6. The summed E-state index contributed by atoms with van der Waals surface area (Å²) in [5, 5.41) is 15.0. The number of allylic oxidation sites excluding steroid dienone is 1. The van der Waals surface area contributed by atoms with Crippen LogP contribution in [0.15, 0.2) is 47.0 Å². The number of nitrogens with zero attached hydrogens (tertiary/aromatic N) is 1. The molecule has 10 nitrogen and oxygen atoms in total. The molecule has 3 rings (SSSR count). The number of carbonyl (C=O) groups is 4. The Hall–Kier alpha value is -4.02. The Morgan fingerprint density at radius 3 is 2.40 bits per heavy atom. The fourth-order valence-corrected chi connectivity index (χ4v) is 4.55. The molecule has 1 fully saturated rings. The molecule has 1 aromatic carbocycles. The Morgan fingerprint density at radius 1 is 1.15 bits per heavy atom. The van der Waals surface area contributed by atoms with Crippen LogP contribution in [0.3, 0.4) is 0 Å². The topological polar surface area (TPSA) is 142 Å². The van der Waals surface area contributed by atoms with Gasteiger partial charge in [-0.1, -0.05) is 50.2 Å². The number of carbonyl (C=O) groups excluding carboxylic acids is 4. The third-order valence-corrected chi connectivity index (χ3v) is 6.70. The average molecular weight is 556 g/mol. The lowest BCUT2D eigenvalue weighted by Gasteiger charge is -2.32. The van der Waals surface area contributed by atoms with Crippen molar-refractivity contribution in [2.75, 3.05) is 6.54 Å². The quantitative estimate of drug-likeness (QED) is 0.314. The minimum Gasteiger partial charge on any atom is -0.361 e. The summed E-state index contributed by atoms with van der Waals surface area (Å²) in [4.78, 5) is 52.1. The molecule has 4 N–H and O–H groups in total. The fourth-order valence-electron chi connectivity index (χ4n) is 4.55. The Bertz CT molecular complexity index is 1230. The average Bonchev–Trinajstić information content (AvgIpc) is 3.50. The number of aryl methyl sites for hydroxylation is 1. The summed E-state index contributed by atoms with van der Waals surface area (Å²) in [6, 6.07) is 4.62. The molecule has 11 heteroatoms. The molecule has 0 radical (unpaired) electrons. The maximum atomic E-state index is 13.6.